The van der Waals surface area contributed by atoms with E-state index in [1.54, 1.807) is 0 Å². The molecular weight excluding hydrogens is 323 g/mol. The van der Waals surface area contributed by atoms with E-state index in [9.17, 15) is 4.57 Å². The third-order valence-electron chi connectivity index (χ3n) is 6.94. The van der Waals surface area contributed by atoms with E-state index >= 15 is 0 Å². The van der Waals surface area contributed by atoms with Crippen molar-refractivity contribution in [3.63, 3.8) is 0 Å². The second kappa shape index (κ2) is 5.60. The predicted octanol–water partition coefficient (Wildman–Crippen LogP) is 4.63. The lowest BCUT2D eigenvalue weighted by atomic mass is 9.50. The molecule has 5 heteroatoms. The Morgan fingerprint density at radius 1 is 1.04 bits per heavy atom. The number of hydrogen-bond donors (Lipinski definition) is 0. The first-order valence-corrected chi connectivity index (χ1v) is 10.3. The molecule has 0 N–H and O–H groups in total. The van der Waals surface area contributed by atoms with Crippen molar-refractivity contribution in [3.8, 4) is 0 Å². The molecule has 4 saturated carbocycles. The maximum atomic E-state index is 12.9. The van der Waals surface area contributed by atoms with Gasteiger partial charge in [-0.1, -0.05) is 30.3 Å². The Balaban J connectivity index is 1.52. The van der Waals surface area contributed by atoms with E-state index in [1.165, 1.54) is 39.2 Å². The average molecular weight is 347 g/mol. The molecule has 0 radical (unpaired) electrons. The van der Waals surface area contributed by atoms with Crippen LogP contribution in [0.2, 0.25) is 0 Å². The van der Waals surface area contributed by atoms with Crippen LogP contribution < -0.4 is 0 Å². The molecular formula is C19H24O4P+. The highest BCUT2D eigenvalue weighted by Gasteiger charge is 2.74. The monoisotopic (exact) mass is 347 g/mol. The average Bonchev–Trinajstić information content (AvgIpc) is 2.57. The van der Waals surface area contributed by atoms with Crippen LogP contribution in [-0.4, -0.2) is 13.2 Å². The molecule has 0 amide bonds. The quantitative estimate of drug-likeness (QED) is 0.588. The normalized spacial score (nSPS) is 46.6. The molecule has 1 saturated heterocycles. The summed E-state index contributed by atoms with van der Waals surface area (Å²) in [5.74, 6) is 3.65. The maximum absolute atomic E-state index is 12.9. The summed E-state index contributed by atoms with van der Waals surface area (Å²) < 4.78 is 18.2. The summed E-state index contributed by atoms with van der Waals surface area (Å²) in [6.45, 7) is 0. The lowest BCUT2D eigenvalue weighted by molar-refractivity contribution is -0.507. The largest absolute Gasteiger partial charge is 0.554 e. The molecule has 6 rings (SSSR count). The third-order valence-corrected chi connectivity index (χ3v) is 8.40. The highest BCUT2D eigenvalue weighted by Crippen LogP contribution is 2.66. The van der Waals surface area contributed by atoms with Crippen LogP contribution in [0.3, 0.4) is 0 Å². The lowest BCUT2D eigenvalue weighted by Crippen LogP contribution is -2.61. The summed E-state index contributed by atoms with van der Waals surface area (Å²) in [7, 11) is -0.495. The fourth-order valence-corrected chi connectivity index (χ4v) is 7.40. The van der Waals surface area contributed by atoms with Crippen molar-refractivity contribution in [1.82, 2.24) is 0 Å². The Labute approximate surface area is 143 Å². The maximum Gasteiger partial charge on any atom is 0.554 e. The highest BCUT2D eigenvalue weighted by atomic mass is 31.1. The van der Waals surface area contributed by atoms with Gasteiger partial charge in [0, 0.05) is 11.5 Å². The molecule has 4 bridgehead atoms. The molecule has 1 aliphatic heterocycles. The van der Waals surface area contributed by atoms with E-state index in [1.807, 2.05) is 30.3 Å². The van der Waals surface area contributed by atoms with E-state index in [4.69, 9.17) is 14.3 Å². The minimum absolute atomic E-state index is 0.154. The van der Waals surface area contributed by atoms with E-state index in [0.29, 0.717) is 17.8 Å². The van der Waals surface area contributed by atoms with Gasteiger partial charge in [-0.25, -0.2) is 4.89 Å². The Hall–Kier alpha value is -0.800. The van der Waals surface area contributed by atoms with Gasteiger partial charge in [0.1, 0.15) is 0 Å². The van der Waals surface area contributed by atoms with Crippen molar-refractivity contribution in [2.45, 2.75) is 43.6 Å². The van der Waals surface area contributed by atoms with Crippen LogP contribution in [0.25, 0.3) is 0 Å². The van der Waals surface area contributed by atoms with Crippen LogP contribution >= 0.6 is 8.03 Å². The van der Waals surface area contributed by atoms with Crippen molar-refractivity contribution in [3.05, 3.63) is 35.9 Å². The van der Waals surface area contributed by atoms with Gasteiger partial charge in [0.2, 0.25) is 0 Å². The molecule has 5 aliphatic rings. The minimum atomic E-state index is -1.99. The summed E-state index contributed by atoms with van der Waals surface area (Å²) in [6.07, 6.45) is 6.52. The van der Waals surface area contributed by atoms with Crippen molar-refractivity contribution < 1.29 is 18.9 Å². The van der Waals surface area contributed by atoms with Crippen molar-refractivity contribution >= 4 is 8.03 Å². The standard InChI is InChI=1S/C19H24O4P/c1-21-24(20)19(16-5-3-2-4-6-16)18(22-23-19)17-14-8-12-7-13(10-14)11-15(17)9-12/h2-6,12-15,17-18H,7-11H2,1H3/q+1. The Kier molecular flexibility index (Phi) is 3.61. The smallest absolute Gasteiger partial charge is 0.219 e. The van der Waals surface area contributed by atoms with Crippen molar-refractivity contribution in [2.24, 2.45) is 29.6 Å². The van der Waals surface area contributed by atoms with Gasteiger partial charge in [-0.15, -0.1) is 4.52 Å². The number of rotatable bonds is 4. The van der Waals surface area contributed by atoms with Crippen molar-refractivity contribution in [1.29, 1.82) is 0 Å². The zero-order valence-electron chi connectivity index (χ0n) is 14.0. The third kappa shape index (κ3) is 2.03. The Morgan fingerprint density at radius 3 is 2.17 bits per heavy atom. The molecule has 4 aliphatic carbocycles. The first-order chi connectivity index (χ1) is 11.7. The predicted molar refractivity (Wildman–Crippen MR) is 89.2 cm³/mol. The van der Waals surface area contributed by atoms with Crippen LogP contribution in [-0.2, 0) is 24.2 Å². The highest BCUT2D eigenvalue weighted by molar-refractivity contribution is 7.40. The molecule has 24 heavy (non-hydrogen) atoms. The first kappa shape index (κ1) is 15.5. The van der Waals surface area contributed by atoms with Crippen LogP contribution in [0.5, 0.6) is 0 Å². The van der Waals surface area contributed by atoms with E-state index in [2.05, 4.69) is 0 Å². The zero-order chi connectivity index (χ0) is 16.3. The van der Waals surface area contributed by atoms with Gasteiger partial charge >= 0.3 is 13.4 Å². The topological polar surface area (TPSA) is 44.8 Å². The molecule has 3 atom stereocenters. The van der Waals surface area contributed by atoms with Gasteiger partial charge in [-0.05, 0) is 60.3 Å². The molecule has 0 spiro atoms. The first-order valence-electron chi connectivity index (χ1n) is 9.14. The van der Waals surface area contributed by atoms with Gasteiger partial charge in [-0.2, -0.15) is 4.89 Å². The molecule has 1 aromatic carbocycles. The molecule has 5 fully saturated rings. The van der Waals surface area contributed by atoms with Gasteiger partial charge in [-0.3, -0.25) is 0 Å². The Bertz CT molecular complexity index is 620. The molecule has 3 unspecified atom stereocenters. The molecule has 1 aromatic rings. The summed E-state index contributed by atoms with van der Waals surface area (Å²) in [5, 5.41) is -0.939. The SMILES string of the molecule is CO[P+](=O)C1(c2ccccc2)OOC1C1C2CC3CC(C2)CC1C3. The fourth-order valence-electron chi connectivity index (χ4n) is 6.25. The van der Waals surface area contributed by atoms with Crippen LogP contribution in [0.4, 0.5) is 0 Å². The Morgan fingerprint density at radius 2 is 1.67 bits per heavy atom. The second-order valence-corrected chi connectivity index (χ2v) is 9.65. The summed E-state index contributed by atoms with van der Waals surface area (Å²) in [5.41, 5.74) is 0.915. The molecule has 0 aromatic heterocycles. The van der Waals surface area contributed by atoms with E-state index in [0.717, 1.165) is 17.4 Å². The van der Waals surface area contributed by atoms with Gasteiger partial charge in [0.15, 0.2) is 6.10 Å². The van der Waals surface area contributed by atoms with E-state index in [-0.39, 0.29) is 6.10 Å². The van der Waals surface area contributed by atoms with E-state index < -0.39 is 13.4 Å². The molecule has 128 valence electrons. The minimum Gasteiger partial charge on any atom is -0.219 e. The zero-order valence-corrected chi connectivity index (χ0v) is 14.9. The van der Waals surface area contributed by atoms with Gasteiger partial charge < -0.3 is 0 Å². The second-order valence-electron chi connectivity index (χ2n) is 8.11. The van der Waals surface area contributed by atoms with Gasteiger partial charge in [0.25, 0.3) is 0 Å². The summed E-state index contributed by atoms with van der Waals surface area (Å²) in [4.78, 5) is 11.3. The van der Waals surface area contributed by atoms with Crippen molar-refractivity contribution in [2.75, 3.05) is 7.11 Å². The molecule has 1 heterocycles. The number of hydrogen-bond acceptors (Lipinski definition) is 4. The fraction of sp³-hybridized carbons (Fsp3) is 0.684. The van der Waals surface area contributed by atoms with Crippen LogP contribution in [0.1, 0.15) is 37.7 Å². The number of benzene rings is 1. The van der Waals surface area contributed by atoms with Gasteiger partial charge in [0.05, 0.1) is 7.11 Å². The van der Waals surface area contributed by atoms with Crippen LogP contribution in [0.15, 0.2) is 30.3 Å². The summed E-state index contributed by atoms with van der Waals surface area (Å²) >= 11 is 0. The van der Waals surface area contributed by atoms with Crippen LogP contribution in [0, 0.1) is 29.6 Å². The summed E-state index contributed by atoms with van der Waals surface area (Å²) in [6, 6.07) is 9.86. The molecule has 4 nitrogen and oxygen atoms in total. The lowest BCUT2D eigenvalue weighted by Gasteiger charge is -2.58.